The van der Waals surface area contributed by atoms with Gasteiger partial charge in [-0.25, -0.2) is 0 Å². The first-order chi connectivity index (χ1) is 15.6. The Morgan fingerprint density at radius 1 is 1.15 bits per heavy atom. The zero-order valence-corrected chi connectivity index (χ0v) is 21.4. The zero-order chi connectivity index (χ0) is 24.2. The normalized spacial score (nSPS) is 16.2. The van der Waals surface area contributed by atoms with E-state index in [2.05, 4.69) is 5.32 Å². The van der Waals surface area contributed by atoms with Gasteiger partial charge in [-0.2, -0.15) is 0 Å². The first-order valence-corrected chi connectivity index (χ1v) is 12.1. The van der Waals surface area contributed by atoms with E-state index in [0.29, 0.717) is 27.3 Å². The van der Waals surface area contributed by atoms with E-state index < -0.39 is 15.9 Å². The molecular weight excluding hydrogens is 527 g/mol. The molecule has 0 radical (unpaired) electrons. The minimum absolute atomic E-state index is 0.212. The lowest BCUT2D eigenvalue weighted by molar-refractivity contribution is -0.121. The Balaban J connectivity index is 1.73. The van der Waals surface area contributed by atoms with Crippen LogP contribution < -0.4 is 19.7 Å². The van der Waals surface area contributed by atoms with Crippen LogP contribution in [0.2, 0.25) is 0 Å². The topological polar surface area (TPSA) is 67.9 Å². The fraction of sp³-hybridized carbons (Fsp3) is 0.227. The summed E-state index contributed by atoms with van der Waals surface area (Å²) in [6, 6.07) is 13.9. The summed E-state index contributed by atoms with van der Waals surface area (Å²) in [6.45, 7) is 3.76. The fourth-order valence-corrected chi connectivity index (χ4v) is 4.44. The number of amides is 2. The first-order valence-electron chi connectivity index (χ1n) is 9.70. The largest absolute Gasteiger partial charge is 0.494 e. The number of nitrogens with zero attached hydrogens (tertiary/aromatic N) is 1. The van der Waals surface area contributed by atoms with Crippen LogP contribution in [0.4, 0.5) is 5.69 Å². The number of benzene rings is 2. The molecule has 1 atom stereocenters. The standard InChI is InChI=1S/C22H19Cl3N2O4S2/c1-3-30-16-10-6-15(7-11-16)27-19(29)18(33-21(27)32)12-14-4-8-17(9-5-14)31-20(22(23,24)25)26-13(2)28/h4-12,20H,3H2,1-2H3,(H,26,28)/b18-12-/t20-/m0/s1. The Morgan fingerprint density at radius 3 is 2.30 bits per heavy atom. The van der Waals surface area contributed by atoms with Crippen LogP contribution in [0, 0.1) is 0 Å². The van der Waals surface area contributed by atoms with E-state index in [-0.39, 0.29) is 5.91 Å². The van der Waals surface area contributed by atoms with Crippen LogP contribution in [-0.2, 0) is 9.59 Å². The Hall–Kier alpha value is -1.97. The van der Waals surface area contributed by atoms with Gasteiger partial charge in [0.1, 0.15) is 11.5 Å². The summed E-state index contributed by atoms with van der Waals surface area (Å²) in [5.41, 5.74) is 1.42. The van der Waals surface area contributed by atoms with E-state index in [1.165, 1.54) is 23.6 Å². The lowest BCUT2D eigenvalue weighted by atomic mass is 10.2. The van der Waals surface area contributed by atoms with Gasteiger partial charge in [-0.05, 0) is 55.0 Å². The molecule has 33 heavy (non-hydrogen) atoms. The lowest BCUT2D eigenvalue weighted by Crippen LogP contribution is -2.47. The third-order valence-corrected chi connectivity index (χ3v) is 6.16. The fourth-order valence-electron chi connectivity index (χ4n) is 2.84. The van der Waals surface area contributed by atoms with Gasteiger partial charge in [-0.3, -0.25) is 14.5 Å². The number of nitrogens with one attached hydrogen (secondary N) is 1. The van der Waals surface area contributed by atoms with Gasteiger partial charge in [-0.15, -0.1) is 0 Å². The minimum atomic E-state index is -1.86. The summed E-state index contributed by atoms with van der Waals surface area (Å²) < 4.78 is 9.62. The Morgan fingerprint density at radius 2 is 1.76 bits per heavy atom. The molecule has 0 aromatic heterocycles. The number of ether oxygens (including phenoxy) is 2. The number of rotatable bonds is 7. The molecule has 0 unspecified atom stereocenters. The number of anilines is 1. The summed E-state index contributed by atoms with van der Waals surface area (Å²) in [6.07, 6.45) is 0.564. The predicted molar refractivity (Wildman–Crippen MR) is 138 cm³/mol. The van der Waals surface area contributed by atoms with Gasteiger partial charge in [0.15, 0.2) is 4.32 Å². The second-order valence-electron chi connectivity index (χ2n) is 6.75. The van der Waals surface area contributed by atoms with E-state index in [9.17, 15) is 9.59 Å². The summed E-state index contributed by atoms with van der Waals surface area (Å²) >= 11 is 24.3. The predicted octanol–water partition coefficient (Wildman–Crippen LogP) is 5.70. The highest BCUT2D eigenvalue weighted by Crippen LogP contribution is 2.37. The molecule has 2 amide bonds. The second-order valence-corrected chi connectivity index (χ2v) is 10.8. The van der Waals surface area contributed by atoms with Gasteiger partial charge in [-0.1, -0.05) is 70.9 Å². The average molecular weight is 546 g/mol. The van der Waals surface area contributed by atoms with Crippen LogP contribution in [0.1, 0.15) is 19.4 Å². The molecule has 0 aliphatic carbocycles. The molecule has 0 spiro atoms. The van der Waals surface area contributed by atoms with Crippen molar-refractivity contribution in [2.24, 2.45) is 0 Å². The number of thioether (sulfide) groups is 1. The highest BCUT2D eigenvalue weighted by Gasteiger charge is 2.36. The number of hydrogen-bond acceptors (Lipinski definition) is 6. The molecule has 6 nitrogen and oxygen atoms in total. The van der Waals surface area contributed by atoms with Crippen molar-refractivity contribution in [1.82, 2.24) is 5.32 Å². The summed E-state index contributed by atoms with van der Waals surface area (Å²) in [5.74, 6) is 0.480. The number of halogens is 3. The van der Waals surface area contributed by atoms with Crippen LogP contribution in [0.3, 0.4) is 0 Å². The van der Waals surface area contributed by atoms with Crippen LogP contribution in [-0.4, -0.2) is 32.8 Å². The van der Waals surface area contributed by atoms with Crippen molar-refractivity contribution in [3.05, 3.63) is 59.0 Å². The van der Waals surface area contributed by atoms with E-state index in [1.807, 2.05) is 6.92 Å². The number of alkyl halides is 3. The van der Waals surface area contributed by atoms with Gasteiger partial charge >= 0.3 is 0 Å². The molecule has 3 rings (SSSR count). The Kier molecular flexibility index (Phi) is 8.53. The molecular formula is C22H19Cl3N2O4S2. The third-order valence-electron chi connectivity index (χ3n) is 4.26. The molecule has 1 aliphatic heterocycles. The quantitative estimate of drug-likeness (QED) is 0.208. The van der Waals surface area contributed by atoms with Gasteiger partial charge in [0.05, 0.1) is 17.2 Å². The zero-order valence-electron chi connectivity index (χ0n) is 17.5. The molecule has 1 aliphatic rings. The molecule has 1 heterocycles. The molecule has 1 saturated heterocycles. The summed E-state index contributed by atoms with van der Waals surface area (Å²) in [5, 5.41) is 2.44. The molecule has 1 N–H and O–H groups in total. The van der Waals surface area contributed by atoms with E-state index in [4.69, 9.17) is 56.5 Å². The molecule has 0 saturated carbocycles. The van der Waals surface area contributed by atoms with Crippen molar-refractivity contribution in [2.75, 3.05) is 11.5 Å². The minimum Gasteiger partial charge on any atom is -0.494 e. The molecule has 1 fully saturated rings. The highest BCUT2D eigenvalue weighted by atomic mass is 35.6. The Labute approximate surface area is 216 Å². The van der Waals surface area contributed by atoms with Crippen LogP contribution in [0.25, 0.3) is 6.08 Å². The van der Waals surface area contributed by atoms with Gasteiger partial charge in [0.25, 0.3) is 5.91 Å². The maximum absolute atomic E-state index is 13.0. The molecule has 2 aromatic rings. The average Bonchev–Trinajstić information content (AvgIpc) is 3.02. The first kappa shape index (κ1) is 25.6. The molecule has 2 aromatic carbocycles. The number of carbonyl (C=O) groups excluding carboxylic acids is 2. The van der Waals surface area contributed by atoms with Gasteiger partial charge in [0.2, 0.25) is 15.9 Å². The second kappa shape index (κ2) is 11.0. The summed E-state index contributed by atoms with van der Waals surface area (Å²) in [4.78, 5) is 26.3. The van der Waals surface area contributed by atoms with Crippen LogP contribution in [0.5, 0.6) is 11.5 Å². The van der Waals surface area contributed by atoms with Crippen molar-refractivity contribution in [1.29, 1.82) is 0 Å². The smallest absolute Gasteiger partial charge is 0.270 e. The maximum Gasteiger partial charge on any atom is 0.270 e. The maximum atomic E-state index is 13.0. The van der Waals surface area contributed by atoms with Crippen molar-refractivity contribution < 1.29 is 19.1 Å². The number of hydrogen-bond donors (Lipinski definition) is 1. The summed E-state index contributed by atoms with van der Waals surface area (Å²) in [7, 11) is 0. The van der Waals surface area contributed by atoms with Crippen LogP contribution in [0.15, 0.2) is 53.4 Å². The van der Waals surface area contributed by atoms with E-state index in [0.717, 1.165) is 11.3 Å². The van der Waals surface area contributed by atoms with E-state index >= 15 is 0 Å². The number of carbonyl (C=O) groups is 2. The molecule has 0 bridgehead atoms. The molecule has 174 valence electrons. The van der Waals surface area contributed by atoms with Gasteiger partial charge < -0.3 is 14.8 Å². The highest BCUT2D eigenvalue weighted by molar-refractivity contribution is 8.27. The molecule has 11 heteroatoms. The third kappa shape index (κ3) is 6.77. The SMILES string of the molecule is CCOc1ccc(N2C(=O)/C(=C/c3ccc(O[C@H](NC(C)=O)C(Cl)(Cl)Cl)cc3)SC2=S)cc1. The van der Waals surface area contributed by atoms with E-state index in [1.54, 1.807) is 54.6 Å². The lowest BCUT2D eigenvalue weighted by Gasteiger charge is -2.25. The van der Waals surface area contributed by atoms with Gasteiger partial charge in [0, 0.05) is 6.92 Å². The van der Waals surface area contributed by atoms with Crippen molar-refractivity contribution in [3.8, 4) is 11.5 Å². The Bertz CT molecular complexity index is 1070. The van der Waals surface area contributed by atoms with Crippen molar-refractivity contribution in [3.63, 3.8) is 0 Å². The van der Waals surface area contributed by atoms with Crippen molar-refractivity contribution in [2.45, 2.75) is 23.9 Å². The van der Waals surface area contributed by atoms with Crippen molar-refractivity contribution >= 4 is 86.7 Å². The number of thiocarbonyl (C=S) groups is 1. The van der Waals surface area contributed by atoms with Crippen LogP contribution >= 0.6 is 58.8 Å². The monoisotopic (exact) mass is 544 g/mol.